The second kappa shape index (κ2) is 9.73. The van der Waals surface area contributed by atoms with E-state index >= 15 is 0 Å². The molecule has 3 rings (SSSR count). The molecule has 1 amide bonds. The van der Waals surface area contributed by atoms with Crippen molar-refractivity contribution in [1.82, 2.24) is 14.7 Å². The van der Waals surface area contributed by atoms with Gasteiger partial charge in [0.15, 0.2) is 0 Å². The van der Waals surface area contributed by atoms with Crippen molar-refractivity contribution in [2.45, 2.75) is 77.3 Å². The van der Waals surface area contributed by atoms with Gasteiger partial charge in [0.05, 0.1) is 24.7 Å². The maximum atomic E-state index is 12.8. The van der Waals surface area contributed by atoms with E-state index in [-0.39, 0.29) is 5.91 Å². The van der Waals surface area contributed by atoms with E-state index in [1.807, 2.05) is 30.5 Å². The van der Waals surface area contributed by atoms with Crippen LogP contribution in [0.2, 0.25) is 0 Å². The zero-order valence-electron chi connectivity index (χ0n) is 17.9. The molecule has 154 valence electrons. The summed E-state index contributed by atoms with van der Waals surface area (Å²) in [6.07, 6.45) is 6.13. The molecule has 0 unspecified atom stereocenters. The molecule has 5 nitrogen and oxygen atoms in total. The molecule has 0 saturated heterocycles. The van der Waals surface area contributed by atoms with Crippen molar-refractivity contribution in [3.05, 3.63) is 52.8 Å². The maximum absolute atomic E-state index is 12.8. The average molecular weight is 393 g/mol. The van der Waals surface area contributed by atoms with E-state index in [1.54, 1.807) is 0 Å². The third kappa shape index (κ3) is 5.06. The van der Waals surface area contributed by atoms with E-state index in [1.165, 1.54) is 5.56 Å². The van der Waals surface area contributed by atoms with Gasteiger partial charge in [-0.3, -0.25) is 9.48 Å². The van der Waals surface area contributed by atoms with Gasteiger partial charge in [0.25, 0.3) is 0 Å². The Kier molecular flexibility index (Phi) is 7.09. The first-order valence-electron chi connectivity index (χ1n) is 10.7. The Hall–Kier alpha value is -2.61. The van der Waals surface area contributed by atoms with Crippen LogP contribution in [-0.2, 0) is 17.8 Å². The van der Waals surface area contributed by atoms with Gasteiger partial charge in [-0.15, -0.1) is 0 Å². The van der Waals surface area contributed by atoms with Gasteiger partial charge < -0.3 is 4.90 Å². The van der Waals surface area contributed by atoms with Crippen LogP contribution in [0.25, 0.3) is 0 Å². The molecule has 0 bridgehead atoms. The number of hydrogen-bond acceptors (Lipinski definition) is 3. The molecule has 29 heavy (non-hydrogen) atoms. The summed E-state index contributed by atoms with van der Waals surface area (Å²) in [5.41, 5.74) is 4.63. The molecule has 1 fully saturated rings. The van der Waals surface area contributed by atoms with Gasteiger partial charge in [0.2, 0.25) is 5.91 Å². The first-order valence-corrected chi connectivity index (χ1v) is 10.7. The second-order valence-corrected chi connectivity index (χ2v) is 8.20. The Morgan fingerprint density at radius 1 is 1.21 bits per heavy atom. The van der Waals surface area contributed by atoms with Crippen molar-refractivity contribution in [1.29, 1.82) is 5.26 Å². The predicted molar refractivity (Wildman–Crippen MR) is 114 cm³/mol. The van der Waals surface area contributed by atoms with Gasteiger partial charge in [0, 0.05) is 25.2 Å². The molecule has 0 N–H and O–H groups in total. The SMILES string of the molecule is Cc1nn(CCC#N)c(C)c1CCC(=O)N(C)C1CCC(c2ccccc2)CC1. The van der Waals surface area contributed by atoms with Gasteiger partial charge in [-0.2, -0.15) is 10.4 Å². The van der Waals surface area contributed by atoms with E-state index in [9.17, 15) is 4.79 Å². The summed E-state index contributed by atoms with van der Waals surface area (Å²) in [6, 6.07) is 13.3. The van der Waals surface area contributed by atoms with Crippen molar-refractivity contribution < 1.29 is 4.79 Å². The number of carbonyl (C=O) groups is 1. The number of amides is 1. The molecule has 1 aliphatic rings. The van der Waals surface area contributed by atoms with Gasteiger partial charge in [-0.1, -0.05) is 30.3 Å². The number of benzene rings is 1. The highest BCUT2D eigenvalue weighted by atomic mass is 16.2. The van der Waals surface area contributed by atoms with Gasteiger partial charge in [-0.25, -0.2) is 0 Å². The molecule has 1 heterocycles. The van der Waals surface area contributed by atoms with Crippen LogP contribution in [0, 0.1) is 25.2 Å². The fraction of sp³-hybridized carbons (Fsp3) is 0.542. The minimum absolute atomic E-state index is 0.219. The molecular formula is C24H32N4O. The van der Waals surface area contributed by atoms with Crippen molar-refractivity contribution in [3.63, 3.8) is 0 Å². The third-order valence-electron chi connectivity index (χ3n) is 6.46. The van der Waals surface area contributed by atoms with Crippen LogP contribution < -0.4 is 0 Å². The smallest absolute Gasteiger partial charge is 0.222 e. The summed E-state index contributed by atoms with van der Waals surface area (Å²) in [4.78, 5) is 14.8. The second-order valence-electron chi connectivity index (χ2n) is 8.20. The molecule has 1 aliphatic carbocycles. The molecule has 1 aromatic carbocycles. The monoisotopic (exact) mass is 392 g/mol. The molecule has 2 aromatic rings. The van der Waals surface area contributed by atoms with Crippen molar-refractivity contribution in [2.24, 2.45) is 0 Å². The molecule has 0 spiro atoms. The Labute approximate surface area is 174 Å². The standard InChI is InChI=1S/C24H32N4O/c1-18-23(19(2)28(26-18)17-7-16-25)14-15-24(29)27(3)22-12-10-21(11-13-22)20-8-5-4-6-9-20/h4-6,8-9,21-22H,7,10-15,17H2,1-3H3. The van der Waals surface area contributed by atoms with Gasteiger partial charge in [-0.05, 0) is 63.0 Å². The van der Waals surface area contributed by atoms with Gasteiger partial charge in [0.1, 0.15) is 0 Å². The Balaban J connectivity index is 1.51. The number of aromatic nitrogens is 2. The first kappa shape index (κ1) is 21.1. The molecule has 0 atom stereocenters. The van der Waals surface area contributed by atoms with Crippen LogP contribution in [0.1, 0.15) is 67.0 Å². The summed E-state index contributed by atoms with van der Waals surface area (Å²) < 4.78 is 1.90. The van der Waals surface area contributed by atoms with Gasteiger partial charge >= 0.3 is 0 Å². The summed E-state index contributed by atoms with van der Waals surface area (Å²) >= 11 is 0. The zero-order chi connectivity index (χ0) is 20.8. The summed E-state index contributed by atoms with van der Waals surface area (Å²) in [5.74, 6) is 0.845. The predicted octanol–water partition coefficient (Wildman–Crippen LogP) is 4.53. The first-order chi connectivity index (χ1) is 14.0. The largest absolute Gasteiger partial charge is 0.343 e. The minimum atomic E-state index is 0.219. The molecule has 0 aliphatic heterocycles. The van der Waals surface area contributed by atoms with Crippen molar-refractivity contribution in [2.75, 3.05) is 7.05 Å². The number of nitriles is 1. The van der Waals surface area contributed by atoms with Crippen LogP contribution in [-0.4, -0.2) is 33.7 Å². The lowest BCUT2D eigenvalue weighted by Crippen LogP contribution is -2.39. The quantitative estimate of drug-likeness (QED) is 0.695. The van der Waals surface area contributed by atoms with Crippen LogP contribution in [0.5, 0.6) is 0 Å². The molecular weight excluding hydrogens is 360 g/mol. The maximum Gasteiger partial charge on any atom is 0.222 e. The molecule has 0 radical (unpaired) electrons. The zero-order valence-corrected chi connectivity index (χ0v) is 17.9. The Morgan fingerprint density at radius 2 is 1.90 bits per heavy atom. The number of carbonyl (C=O) groups excluding carboxylic acids is 1. The fourth-order valence-electron chi connectivity index (χ4n) is 4.60. The van der Waals surface area contributed by atoms with Crippen molar-refractivity contribution in [3.8, 4) is 6.07 Å². The number of rotatable bonds is 7. The van der Waals surface area contributed by atoms with E-state index < -0.39 is 0 Å². The lowest BCUT2D eigenvalue weighted by atomic mass is 9.81. The molecule has 1 aromatic heterocycles. The van der Waals surface area contributed by atoms with E-state index in [2.05, 4.69) is 41.5 Å². The molecule has 1 saturated carbocycles. The number of nitrogens with zero attached hydrogens (tertiary/aromatic N) is 4. The van der Waals surface area contributed by atoms with Crippen LogP contribution >= 0.6 is 0 Å². The summed E-state index contributed by atoms with van der Waals surface area (Å²) in [5, 5.41) is 13.3. The van der Waals surface area contributed by atoms with E-state index in [0.717, 1.165) is 42.6 Å². The van der Waals surface area contributed by atoms with E-state index in [4.69, 9.17) is 5.26 Å². The lowest BCUT2D eigenvalue weighted by molar-refractivity contribution is -0.132. The summed E-state index contributed by atoms with van der Waals surface area (Å²) in [7, 11) is 1.96. The Bertz CT molecular complexity index is 857. The highest BCUT2D eigenvalue weighted by Gasteiger charge is 2.27. The number of hydrogen-bond donors (Lipinski definition) is 0. The summed E-state index contributed by atoms with van der Waals surface area (Å²) in [6.45, 7) is 4.64. The normalized spacial score (nSPS) is 19.0. The van der Waals surface area contributed by atoms with Crippen LogP contribution in [0.4, 0.5) is 0 Å². The topological polar surface area (TPSA) is 61.9 Å². The van der Waals surface area contributed by atoms with Crippen LogP contribution in [0.3, 0.4) is 0 Å². The number of aryl methyl sites for hydroxylation is 2. The third-order valence-corrected chi connectivity index (χ3v) is 6.46. The lowest BCUT2D eigenvalue weighted by Gasteiger charge is -2.35. The van der Waals surface area contributed by atoms with Crippen molar-refractivity contribution >= 4 is 5.91 Å². The highest BCUT2D eigenvalue weighted by Crippen LogP contribution is 2.34. The van der Waals surface area contributed by atoms with E-state index in [0.29, 0.717) is 37.8 Å². The Morgan fingerprint density at radius 3 is 2.55 bits per heavy atom. The minimum Gasteiger partial charge on any atom is -0.343 e. The van der Waals surface area contributed by atoms with Crippen LogP contribution in [0.15, 0.2) is 30.3 Å². The average Bonchev–Trinajstić information content (AvgIpc) is 3.03. The fourth-order valence-corrected chi connectivity index (χ4v) is 4.60. The highest BCUT2D eigenvalue weighted by molar-refractivity contribution is 5.76. The molecule has 5 heteroatoms.